The summed E-state index contributed by atoms with van der Waals surface area (Å²) in [6.07, 6.45) is 2.83. The molecule has 2 rings (SSSR count). The minimum Gasteiger partial charge on any atom is -0.393 e. The molecule has 0 aliphatic heterocycles. The number of likely N-dealkylation sites (N-methyl/N-ethyl adjacent to an activating group) is 1. The lowest BCUT2D eigenvalue weighted by Crippen LogP contribution is -2.36. The molecule has 0 bridgehead atoms. The molecule has 2 atom stereocenters. The fourth-order valence-corrected chi connectivity index (χ4v) is 3.81. The van der Waals surface area contributed by atoms with E-state index in [0.29, 0.717) is 24.3 Å². The molecule has 0 radical (unpaired) electrons. The van der Waals surface area contributed by atoms with E-state index in [0.717, 1.165) is 31.5 Å². The number of aliphatic hydroxyl groups is 1. The highest BCUT2D eigenvalue weighted by Gasteiger charge is 2.26. The van der Waals surface area contributed by atoms with Gasteiger partial charge >= 0.3 is 0 Å². The molecule has 1 fully saturated rings. The molecule has 0 saturated heterocycles. The predicted molar refractivity (Wildman–Crippen MR) is 104 cm³/mol. The number of amides is 1. The molecular weight excluding hydrogens is 312 g/mol. The van der Waals surface area contributed by atoms with Gasteiger partial charge in [0.15, 0.2) is 0 Å². The van der Waals surface area contributed by atoms with Crippen molar-refractivity contribution >= 4 is 11.6 Å². The molecule has 25 heavy (non-hydrogen) atoms. The number of nitrogens with zero attached hydrogens (tertiary/aromatic N) is 1. The summed E-state index contributed by atoms with van der Waals surface area (Å²) in [4.78, 5) is 14.6. The van der Waals surface area contributed by atoms with Gasteiger partial charge in [-0.05, 0) is 48.8 Å². The van der Waals surface area contributed by atoms with Gasteiger partial charge in [0, 0.05) is 12.2 Å². The number of nitrogens with one attached hydrogen (secondary N) is 1. The average molecular weight is 347 g/mol. The van der Waals surface area contributed by atoms with Crippen LogP contribution in [-0.4, -0.2) is 42.2 Å². The Morgan fingerprint density at radius 3 is 2.28 bits per heavy atom. The Kier molecular flexibility index (Phi) is 7.03. The summed E-state index contributed by atoms with van der Waals surface area (Å²) in [6.45, 7) is 9.75. The van der Waals surface area contributed by atoms with Gasteiger partial charge in [0.05, 0.1) is 12.6 Å². The summed E-state index contributed by atoms with van der Waals surface area (Å²) in [7, 11) is 1.96. The molecule has 1 aliphatic rings. The van der Waals surface area contributed by atoms with E-state index in [1.165, 1.54) is 11.1 Å². The second-order valence-corrected chi connectivity index (χ2v) is 8.12. The zero-order valence-electron chi connectivity index (χ0n) is 16.4. The molecule has 140 valence electrons. The van der Waals surface area contributed by atoms with E-state index in [9.17, 15) is 9.90 Å². The second kappa shape index (κ2) is 8.81. The van der Waals surface area contributed by atoms with Crippen molar-refractivity contribution in [3.8, 4) is 0 Å². The number of para-hydroxylation sites is 1. The van der Waals surface area contributed by atoms with Gasteiger partial charge in [-0.15, -0.1) is 0 Å². The number of carbonyl (C=O) groups excluding carboxylic acids is 1. The predicted octanol–water partition coefficient (Wildman–Crippen LogP) is 3.96. The third-order valence-corrected chi connectivity index (χ3v) is 5.22. The molecule has 1 amide bonds. The quantitative estimate of drug-likeness (QED) is 0.785. The number of hydrogen-bond donors (Lipinski definition) is 2. The van der Waals surface area contributed by atoms with Gasteiger partial charge in [-0.25, -0.2) is 0 Å². The Morgan fingerprint density at radius 1 is 1.20 bits per heavy atom. The minimum absolute atomic E-state index is 0.0185. The maximum Gasteiger partial charge on any atom is 0.238 e. The number of aliphatic hydroxyl groups excluding tert-OH is 1. The topological polar surface area (TPSA) is 52.6 Å². The third kappa shape index (κ3) is 5.29. The van der Waals surface area contributed by atoms with Crippen molar-refractivity contribution in [3.05, 3.63) is 29.3 Å². The van der Waals surface area contributed by atoms with Crippen molar-refractivity contribution < 1.29 is 9.90 Å². The smallest absolute Gasteiger partial charge is 0.238 e. The molecule has 2 unspecified atom stereocenters. The van der Waals surface area contributed by atoms with Crippen molar-refractivity contribution in [2.24, 2.45) is 5.92 Å². The number of benzene rings is 1. The highest BCUT2D eigenvalue weighted by molar-refractivity contribution is 5.94. The summed E-state index contributed by atoms with van der Waals surface area (Å²) in [5, 5.41) is 13.1. The van der Waals surface area contributed by atoms with E-state index in [1.54, 1.807) is 0 Å². The van der Waals surface area contributed by atoms with Crippen molar-refractivity contribution in [1.29, 1.82) is 0 Å². The lowest BCUT2D eigenvalue weighted by atomic mass is 9.92. The molecule has 1 aromatic rings. The fraction of sp³-hybridized carbons (Fsp3) is 0.667. The number of carbonyl (C=O) groups is 1. The van der Waals surface area contributed by atoms with Gasteiger partial charge in [-0.2, -0.15) is 0 Å². The van der Waals surface area contributed by atoms with Gasteiger partial charge in [-0.3, -0.25) is 9.69 Å². The molecule has 1 saturated carbocycles. The molecular formula is C21H34N2O2. The summed E-state index contributed by atoms with van der Waals surface area (Å²) in [5.74, 6) is 1.04. The van der Waals surface area contributed by atoms with Crippen molar-refractivity contribution in [2.45, 2.75) is 64.9 Å². The van der Waals surface area contributed by atoms with E-state index in [2.05, 4.69) is 51.2 Å². The van der Waals surface area contributed by atoms with Gasteiger partial charge < -0.3 is 10.4 Å². The SMILES string of the molecule is CC(C)c1cccc(C(C)C)c1NC(=O)CN(C)CC1CCCC1O. The maximum absolute atomic E-state index is 12.6. The Morgan fingerprint density at radius 2 is 1.80 bits per heavy atom. The van der Waals surface area contributed by atoms with E-state index >= 15 is 0 Å². The zero-order valence-corrected chi connectivity index (χ0v) is 16.4. The molecule has 1 aliphatic carbocycles. The molecule has 4 heteroatoms. The molecule has 1 aromatic carbocycles. The first kappa shape index (κ1) is 19.9. The lowest BCUT2D eigenvalue weighted by molar-refractivity contribution is -0.117. The molecule has 0 spiro atoms. The summed E-state index contributed by atoms with van der Waals surface area (Å²) >= 11 is 0. The van der Waals surface area contributed by atoms with Crippen LogP contribution in [0.25, 0.3) is 0 Å². The van der Waals surface area contributed by atoms with Crippen LogP contribution in [0, 0.1) is 5.92 Å². The summed E-state index contributed by atoms with van der Waals surface area (Å²) in [5.41, 5.74) is 3.36. The third-order valence-electron chi connectivity index (χ3n) is 5.22. The zero-order chi connectivity index (χ0) is 18.6. The van der Waals surface area contributed by atoms with Crippen molar-refractivity contribution in [3.63, 3.8) is 0 Å². The van der Waals surface area contributed by atoms with E-state index in [-0.39, 0.29) is 12.0 Å². The lowest BCUT2D eigenvalue weighted by Gasteiger charge is -2.24. The number of rotatable bonds is 7. The van der Waals surface area contributed by atoms with Crippen LogP contribution < -0.4 is 5.32 Å². The molecule has 0 heterocycles. The van der Waals surface area contributed by atoms with Gasteiger partial charge in [0.2, 0.25) is 5.91 Å². The van der Waals surface area contributed by atoms with E-state index in [4.69, 9.17) is 0 Å². The van der Waals surface area contributed by atoms with Crippen LogP contribution >= 0.6 is 0 Å². The first-order valence-electron chi connectivity index (χ1n) is 9.58. The molecule has 0 aromatic heterocycles. The van der Waals surface area contributed by atoms with Crippen LogP contribution in [0.2, 0.25) is 0 Å². The Hall–Kier alpha value is -1.39. The fourth-order valence-electron chi connectivity index (χ4n) is 3.81. The standard InChI is InChI=1S/C21H34N2O2/c1-14(2)17-9-7-10-18(15(3)4)21(17)22-20(25)13-23(5)12-16-8-6-11-19(16)24/h7,9-10,14-16,19,24H,6,8,11-13H2,1-5H3,(H,22,25). The second-order valence-electron chi connectivity index (χ2n) is 8.12. The first-order valence-corrected chi connectivity index (χ1v) is 9.58. The maximum atomic E-state index is 12.6. The van der Waals surface area contributed by atoms with Gasteiger partial charge in [0.1, 0.15) is 0 Å². The van der Waals surface area contributed by atoms with Crippen molar-refractivity contribution in [1.82, 2.24) is 4.90 Å². The summed E-state index contributed by atoms with van der Waals surface area (Å²) in [6, 6.07) is 6.28. The van der Waals surface area contributed by atoms with E-state index < -0.39 is 0 Å². The highest BCUT2D eigenvalue weighted by Crippen LogP contribution is 2.32. The highest BCUT2D eigenvalue weighted by atomic mass is 16.3. The van der Waals surface area contributed by atoms with Crippen LogP contribution in [0.1, 0.15) is 69.9 Å². The largest absolute Gasteiger partial charge is 0.393 e. The first-order chi connectivity index (χ1) is 11.8. The number of hydrogen-bond acceptors (Lipinski definition) is 3. The minimum atomic E-state index is -0.209. The Labute approximate surface area is 152 Å². The summed E-state index contributed by atoms with van der Waals surface area (Å²) < 4.78 is 0. The average Bonchev–Trinajstić information content (AvgIpc) is 2.91. The van der Waals surface area contributed by atoms with Crippen LogP contribution in [0.5, 0.6) is 0 Å². The molecule has 4 nitrogen and oxygen atoms in total. The van der Waals surface area contributed by atoms with Gasteiger partial charge in [0.25, 0.3) is 0 Å². The monoisotopic (exact) mass is 346 g/mol. The van der Waals surface area contributed by atoms with Crippen LogP contribution in [-0.2, 0) is 4.79 Å². The number of anilines is 1. The van der Waals surface area contributed by atoms with Crippen LogP contribution in [0.15, 0.2) is 18.2 Å². The Bertz CT molecular complexity index is 557. The van der Waals surface area contributed by atoms with Gasteiger partial charge in [-0.1, -0.05) is 52.3 Å². The normalized spacial score (nSPS) is 20.7. The van der Waals surface area contributed by atoms with Crippen LogP contribution in [0.3, 0.4) is 0 Å². The Balaban J connectivity index is 2.04. The molecule has 2 N–H and O–H groups in total. The van der Waals surface area contributed by atoms with Crippen LogP contribution in [0.4, 0.5) is 5.69 Å². The van der Waals surface area contributed by atoms with E-state index in [1.807, 2.05) is 11.9 Å². The van der Waals surface area contributed by atoms with Crippen molar-refractivity contribution in [2.75, 3.05) is 25.5 Å².